The van der Waals surface area contributed by atoms with Crippen LogP contribution in [0.3, 0.4) is 0 Å². The number of benzene rings is 3. The molecule has 0 aliphatic heterocycles. The maximum absolute atomic E-state index is 13.1. The molecule has 3 rings (SSSR count). The number of hydrogen-bond donors (Lipinski definition) is 2. The lowest BCUT2D eigenvalue weighted by atomic mass is 10.1. The minimum Gasteiger partial charge on any atom is -0.478 e. The summed E-state index contributed by atoms with van der Waals surface area (Å²) in [6.45, 7) is 3.36. The standard InChI is InChI=1S/C27H22F3NO7/c1-15-6-3-8-17(12-15)25(35)37-21(23(32)31-20-11-5-10-19(14-20)27(28,29)30)22(24(33)34)38-26(36)18-9-4-7-16(2)13-18/h3-14,21-22H,1-2H3,(H,31,32)(H,33,34)/t21-,22-/m0/s1. The van der Waals surface area contributed by atoms with E-state index in [9.17, 15) is 37.5 Å². The Balaban J connectivity index is 1.95. The highest BCUT2D eigenvalue weighted by atomic mass is 19.4. The summed E-state index contributed by atoms with van der Waals surface area (Å²) in [5, 5.41) is 11.9. The smallest absolute Gasteiger partial charge is 0.416 e. The van der Waals surface area contributed by atoms with Crippen LogP contribution in [0.25, 0.3) is 0 Å². The SMILES string of the molecule is Cc1cccc(C(=O)O[C@H](C(=O)O)[C@H](OC(=O)c2cccc(C)c2)C(=O)Nc2cccc(C(F)(F)F)c2)c1. The topological polar surface area (TPSA) is 119 Å². The molecule has 3 aromatic rings. The van der Waals surface area contributed by atoms with E-state index in [0.29, 0.717) is 17.2 Å². The van der Waals surface area contributed by atoms with E-state index in [0.717, 1.165) is 18.2 Å². The van der Waals surface area contributed by atoms with E-state index in [1.165, 1.54) is 36.4 Å². The van der Waals surface area contributed by atoms with Crippen molar-refractivity contribution in [3.63, 3.8) is 0 Å². The number of halogens is 3. The summed E-state index contributed by atoms with van der Waals surface area (Å²) in [6, 6.07) is 15.5. The van der Waals surface area contributed by atoms with Crippen LogP contribution in [0.1, 0.15) is 37.4 Å². The third kappa shape index (κ3) is 7.19. The van der Waals surface area contributed by atoms with E-state index in [1.807, 2.05) is 0 Å². The molecule has 11 heteroatoms. The van der Waals surface area contributed by atoms with Gasteiger partial charge in [-0.2, -0.15) is 13.2 Å². The Morgan fingerprint density at radius 3 is 1.74 bits per heavy atom. The van der Waals surface area contributed by atoms with Gasteiger partial charge in [0.2, 0.25) is 12.2 Å². The van der Waals surface area contributed by atoms with Gasteiger partial charge in [0.15, 0.2) is 0 Å². The van der Waals surface area contributed by atoms with Crippen LogP contribution in [0.2, 0.25) is 0 Å². The number of anilines is 1. The van der Waals surface area contributed by atoms with Gasteiger partial charge in [0.25, 0.3) is 5.91 Å². The van der Waals surface area contributed by atoms with E-state index in [-0.39, 0.29) is 16.8 Å². The third-order valence-corrected chi connectivity index (χ3v) is 5.21. The first-order valence-electron chi connectivity index (χ1n) is 11.1. The molecule has 198 valence electrons. The second kappa shape index (κ2) is 11.6. The molecule has 0 fully saturated rings. The van der Waals surface area contributed by atoms with Gasteiger partial charge in [-0.3, -0.25) is 4.79 Å². The molecular weight excluding hydrogens is 507 g/mol. The van der Waals surface area contributed by atoms with Gasteiger partial charge in [0.1, 0.15) is 0 Å². The fourth-order valence-corrected chi connectivity index (χ4v) is 3.39. The van der Waals surface area contributed by atoms with Crippen molar-refractivity contribution >= 4 is 29.5 Å². The summed E-state index contributed by atoms with van der Waals surface area (Å²) >= 11 is 0. The zero-order valence-corrected chi connectivity index (χ0v) is 20.1. The molecule has 0 spiro atoms. The molecule has 0 bridgehead atoms. The first kappa shape index (κ1) is 27.9. The van der Waals surface area contributed by atoms with Gasteiger partial charge in [-0.15, -0.1) is 0 Å². The van der Waals surface area contributed by atoms with E-state index in [2.05, 4.69) is 5.32 Å². The van der Waals surface area contributed by atoms with Crippen LogP contribution in [-0.2, 0) is 25.2 Å². The van der Waals surface area contributed by atoms with Crippen molar-refractivity contribution in [2.24, 2.45) is 0 Å². The number of aliphatic carboxylic acids is 1. The normalized spacial score (nSPS) is 12.7. The number of ether oxygens (including phenoxy) is 2. The van der Waals surface area contributed by atoms with Crippen molar-refractivity contribution in [3.8, 4) is 0 Å². The van der Waals surface area contributed by atoms with Gasteiger partial charge in [0.05, 0.1) is 16.7 Å². The van der Waals surface area contributed by atoms with Crippen LogP contribution < -0.4 is 5.32 Å². The van der Waals surface area contributed by atoms with Crippen LogP contribution in [0, 0.1) is 13.8 Å². The highest BCUT2D eigenvalue weighted by Gasteiger charge is 2.41. The van der Waals surface area contributed by atoms with Crippen molar-refractivity contribution in [1.29, 1.82) is 0 Å². The zero-order valence-electron chi connectivity index (χ0n) is 20.1. The molecule has 0 aliphatic rings. The number of aryl methyl sites for hydroxylation is 2. The Labute approximate surface area is 215 Å². The lowest BCUT2D eigenvalue weighted by Gasteiger charge is -2.24. The van der Waals surface area contributed by atoms with Crippen molar-refractivity contribution in [3.05, 3.63) is 101 Å². The number of carboxylic acids is 1. The number of esters is 2. The average Bonchev–Trinajstić information content (AvgIpc) is 2.85. The van der Waals surface area contributed by atoms with Gasteiger partial charge in [-0.05, 0) is 56.3 Å². The predicted molar refractivity (Wildman–Crippen MR) is 128 cm³/mol. The van der Waals surface area contributed by atoms with Crippen LogP contribution in [0.5, 0.6) is 0 Å². The van der Waals surface area contributed by atoms with Gasteiger partial charge in [-0.25, -0.2) is 14.4 Å². The number of carbonyl (C=O) groups is 4. The van der Waals surface area contributed by atoms with E-state index < -0.39 is 47.8 Å². The summed E-state index contributed by atoms with van der Waals surface area (Å²) in [4.78, 5) is 50.7. The first-order valence-corrected chi connectivity index (χ1v) is 11.1. The molecule has 38 heavy (non-hydrogen) atoms. The van der Waals surface area contributed by atoms with Crippen molar-refractivity contribution in [2.45, 2.75) is 32.2 Å². The van der Waals surface area contributed by atoms with Crippen LogP contribution in [0.15, 0.2) is 72.8 Å². The molecule has 2 atom stereocenters. The van der Waals surface area contributed by atoms with Gasteiger partial charge < -0.3 is 19.9 Å². The largest absolute Gasteiger partial charge is 0.478 e. The predicted octanol–water partition coefficient (Wildman–Crippen LogP) is 4.80. The molecule has 1 amide bonds. The monoisotopic (exact) mass is 529 g/mol. The molecule has 2 N–H and O–H groups in total. The second-order valence-corrected chi connectivity index (χ2v) is 8.30. The Hall–Kier alpha value is -4.67. The maximum Gasteiger partial charge on any atom is 0.416 e. The van der Waals surface area contributed by atoms with E-state index in [1.54, 1.807) is 26.0 Å². The maximum atomic E-state index is 13.1. The summed E-state index contributed by atoms with van der Waals surface area (Å²) in [5.41, 5.74) is -0.171. The first-order chi connectivity index (χ1) is 17.8. The Morgan fingerprint density at radius 2 is 1.26 bits per heavy atom. The van der Waals surface area contributed by atoms with Gasteiger partial charge in [0, 0.05) is 5.69 Å². The van der Waals surface area contributed by atoms with E-state index >= 15 is 0 Å². The van der Waals surface area contributed by atoms with Crippen molar-refractivity contribution in [2.75, 3.05) is 5.32 Å². The summed E-state index contributed by atoms with van der Waals surface area (Å²) in [7, 11) is 0. The summed E-state index contributed by atoms with van der Waals surface area (Å²) in [6.07, 6.45) is -9.31. The number of rotatable bonds is 8. The fraction of sp³-hybridized carbons (Fsp3) is 0.185. The molecule has 0 saturated carbocycles. The minimum absolute atomic E-state index is 0.0294. The third-order valence-electron chi connectivity index (χ3n) is 5.21. The van der Waals surface area contributed by atoms with Gasteiger partial charge in [-0.1, -0.05) is 41.5 Å². The second-order valence-electron chi connectivity index (χ2n) is 8.30. The molecule has 0 aromatic heterocycles. The molecule has 0 unspecified atom stereocenters. The Morgan fingerprint density at radius 1 is 0.763 bits per heavy atom. The average molecular weight is 529 g/mol. The highest BCUT2D eigenvalue weighted by molar-refractivity contribution is 6.01. The molecule has 0 aliphatic carbocycles. The number of carbonyl (C=O) groups excluding carboxylic acids is 3. The molecule has 0 radical (unpaired) electrons. The highest BCUT2D eigenvalue weighted by Crippen LogP contribution is 2.30. The molecule has 0 saturated heterocycles. The molecule has 0 heterocycles. The lowest BCUT2D eigenvalue weighted by Crippen LogP contribution is -2.48. The lowest BCUT2D eigenvalue weighted by molar-refractivity contribution is -0.157. The fourth-order valence-electron chi connectivity index (χ4n) is 3.39. The molecular formula is C27H22F3NO7. The Bertz CT molecular complexity index is 1370. The Kier molecular flexibility index (Phi) is 8.51. The summed E-state index contributed by atoms with van der Waals surface area (Å²) in [5.74, 6) is -5.39. The number of nitrogens with one attached hydrogen (secondary N) is 1. The van der Waals surface area contributed by atoms with Crippen LogP contribution >= 0.6 is 0 Å². The molecule has 3 aromatic carbocycles. The van der Waals surface area contributed by atoms with Crippen molar-refractivity contribution < 1.29 is 46.9 Å². The van der Waals surface area contributed by atoms with Crippen LogP contribution in [-0.4, -0.2) is 41.1 Å². The number of hydrogen-bond acceptors (Lipinski definition) is 6. The number of amides is 1. The zero-order chi connectivity index (χ0) is 28.0. The van der Waals surface area contributed by atoms with Crippen molar-refractivity contribution in [1.82, 2.24) is 0 Å². The number of carboxylic acid groups (broad SMARTS) is 1. The van der Waals surface area contributed by atoms with Gasteiger partial charge >= 0.3 is 24.1 Å². The van der Waals surface area contributed by atoms with E-state index in [4.69, 9.17) is 9.47 Å². The number of alkyl halides is 3. The summed E-state index contributed by atoms with van der Waals surface area (Å²) < 4.78 is 49.5. The minimum atomic E-state index is -4.72. The molecule has 8 nitrogen and oxygen atoms in total. The van der Waals surface area contributed by atoms with Crippen LogP contribution in [0.4, 0.5) is 18.9 Å². The quantitative estimate of drug-likeness (QED) is 0.403.